The van der Waals surface area contributed by atoms with E-state index in [1.165, 1.54) is 0 Å². The number of hydrogen-bond acceptors (Lipinski definition) is 3. The molecule has 0 aliphatic carbocycles. The van der Waals surface area contributed by atoms with E-state index in [-0.39, 0.29) is 5.91 Å². The first-order chi connectivity index (χ1) is 7.74. The van der Waals surface area contributed by atoms with Crippen molar-refractivity contribution in [3.63, 3.8) is 0 Å². The van der Waals surface area contributed by atoms with Crippen molar-refractivity contribution in [3.8, 4) is 0 Å². The number of amides is 1. The maximum atomic E-state index is 11.8. The van der Waals surface area contributed by atoms with Gasteiger partial charge in [0.1, 0.15) is 11.3 Å². The van der Waals surface area contributed by atoms with Crippen LogP contribution in [-0.4, -0.2) is 21.9 Å². The third-order valence-electron chi connectivity index (χ3n) is 2.23. The lowest BCUT2D eigenvalue weighted by Gasteiger charge is -2.04. The van der Waals surface area contributed by atoms with Gasteiger partial charge in [-0.3, -0.25) is 14.0 Å². The Morgan fingerprint density at radius 3 is 3.12 bits per heavy atom. The lowest BCUT2D eigenvalue weighted by atomic mass is 10.3. The van der Waals surface area contributed by atoms with Crippen LogP contribution in [0, 0.1) is 6.92 Å². The van der Waals surface area contributed by atoms with E-state index < -0.39 is 0 Å². The van der Waals surface area contributed by atoms with Gasteiger partial charge >= 0.3 is 0 Å². The lowest BCUT2D eigenvalue weighted by Crippen LogP contribution is -2.25. The van der Waals surface area contributed by atoms with Gasteiger partial charge in [-0.15, -0.1) is 0 Å². The predicted molar refractivity (Wildman–Crippen MR) is 59.0 cm³/mol. The largest absolute Gasteiger partial charge is 0.295 e. The molecule has 0 bridgehead atoms. The van der Waals surface area contributed by atoms with Crippen LogP contribution in [0.2, 0.25) is 0 Å². The van der Waals surface area contributed by atoms with E-state index in [0.29, 0.717) is 18.0 Å². The van der Waals surface area contributed by atoms with Gasteiger partial charge in [0.05, 0.1) is 12.3 Å². The summed E-state index contributed by atoms with van der Waals surface area (Å²) in [6.45, 7) is 4.04. The highest BCUT2D eigenvalue weighted by Crippen LogP contribution is 2.11. The molecule has 0 atom stereocenters. The zero-order chi connectivity index (χ0) is 11.5. The van der Waals surface area contributed by atoms with Gasteiger partial charge in [0.25, 0.3) is 5.91 Å². The number of hydrogen-bond donors (Lipinski definition) is 1. The summed E-state index contributed by atoms with van der Waals surface area (Å²) in [5.41, 5.74) is 4.31. The highest BCUT2D eigenvalue weighted by Gasteiger charge is 2.15. The Kier molecular flexibility index (Phi) is 2.87. The van der Waals surface area contributed by atoms with Gasteiger partial charge < -0.3 is 0 Å². The summed E-state index contributed by atoms with van der Waals surface area (Å²) in [4.78, 5) is 21.0. The van der Waals surface area contributed by atoms with Gasteiger partial charge in [0.15, 0.2) is 0 Å². The number of carbonyl (C=O) groups excluding carboxylic acids is 1. The van der Waals surface area contributed by atoms with Gasteiger partial charge in [-0.2, -0.15) is 0 Å². The molecule has 0 unspecified atom stereocenters. The van der Waals surface area contributed by atoms with Crippen molar-refractivity contribution < 1.29 is 9.63 Å². The molecule has 0 fully saturated rings. The molecule has 5 nitrogen and oxygen atoms in total. The van der Waals surface area contributed by atoms with Crippen molar-refractivity contribution in [1.82, 2.24) is 14.9 Å². The van der Waals surface area contributed by atoms with Crippen molar-refractivity contribution in [2.45, 2.75) is 13.8 Å². The van der Waals surface area contributed by atoms with Gasteiger partial charge in [0.2, 0.25) is 0 Å². The molecule has 0 saturated heterocycles. The first kappa shape index (κ1) is 10.6. The van der Waals surface area contributed by atoms with Gasteiger partial charge in [-0.05, 0) is 26.0 Å². The Balaban J connectivity index is 2.43. The normalized spacial score (nSPS) is 10.6. The molecule has 0 saturated carbocycles. The van der Waals surface area contributed by atoms with Crippen LogP contribution >= 0.6 is 0 Å². The Hall–Kier alpha value is -1.88. The fraction of sp³-hybridized carbons (Fsp3) is 0.273. The number of nitrogens with zero attached hydrogens (tertiary/aromatic N) is 2. The second-order valence-corrected chi connectivity index (χ2v) is 3.34. The number of pyridine rings is 1. The van der Waals surface area contributed by atoms with Crippen molar-refractivity contribution >= 4 is 11.6 Å². The Labute approximate surface area is 93.0 Å². The molecule has 2 rings (SSSR count). The van der Waals surface area contributed by atoms with E-state index in [0.717, 1.165) is 5.65 Å². The Bertz CT molecular complexity index is 519. The number of hydroxylamine groups is 1. The molecule has 16 heavy (non-hydrogen) atoms. The monoisotopic (exact) mass is 219 g/mol. The van der Waals surface area contributed by atoms with Crippen LogP contribution in [0.1, 0.15) is 23.1 Å². The standard InChI is InChI=1S/C11H13N3O2/c1-3-16-13-11(15)10-8(2)12-9-6-4-5-7-14(9)10/h4-7H,3H2,1-2H3,(H,13,15). The minimum absolute atomic E-state index is 0.280. The molecule has 0 aromatic carbocycles. The molecule has 0 aliphatic rings. The number of imidazole rings is 1. The van der Waals surface area contributed by atoms with E-state index in [2.05, 4.69) is 10.5 Å². The number of aromatic nitrogens is 2. The minimum atomic E-state index is -0.280. The summed E-state index contributed by atoms with van der Waals surface area (Å²) in [6, 6.07) is 5.59. The topological polar surface area (TPSA) is 55.6 Å². The number of rotatable bonds is 3. The average molecular weight is 219 g/mol. The highest BCUT2D eigenvalue weighted by atomic mass is 16.6. The smallest absolute Gasteiger partial charge is 0.293 e. The quantitative estimate of drug-likeness (QED) is 0.792. The SMILES string of the molecule is CCONC(=O)c1c(C)nc2ccccn12. The van der Waals surface area contributed by atoms with E-state index in [4.69, 9.17) is 4.84 Å². The molecule has 5 heteroatoms. The van der Waals surface area contributed by atoms with Crippen LogP contribution in [0.25, 0.3) is 5.65 Å². The van der Waals surface area contributed by atoms with Crippen molar-refractivity contribution in [2.24, 2.45) is 0 Å². The average Bonchev–Trinajstić information content (AvgIpc) is 2.62. The third-order valence-corrected chi connectivity index (χ3v) is 2.23. The maximum absolute atomic E-state index is 11.8. The zero-order valence-electron chi connectivity index (χ0n) is 9.23. The molecule has 2 heterocycles. The van der Waals surface area contributed by atoms with Gasteiger partial charge in [-0.1, -0.05) is 6.07 Å². The summed E-state index contributed by atoms with van der Waals surface area (Å²) >= 11 is 0. The summed E-state index contributed by atoms with van der Waals surface area (Å²) in [6.07, 6.45) is 1.80. The van der Waals surface area contributed by atoms with Gasteiger partial charge in [-0.25, -0.2) is 10.5 Å². The molecule has 84 valence electrons. The first-order valence-corrected chi connectivity index (χ1v) is 5.10. The Morgan fingerprint density at radius 1 is 1.56 bits per heavy atom. The number of nitrogens with one attached hydrogen (secondary N) is 1. The summed E-state index contributed by atoms with van der Waals surface area (Å²) in [7, 11) is 0. The summed E-state index contributed by atoms with van der Waals surface area (Å²) in [5, 5.41) is 0. The third kappa shape index (κ3) is 1.77. The highest BCUT2D eigenvalue weighted by molar-refractivity contribution is 5.93. The van der Waals surface area contributed by atoms with Crippen molar-refractivity contribution in [2.75, 3.05) is 6.61 Å². The molecule has 1 amide bonds. The second kappa shape index (κ2) is 4.32. The maximum Gasteiger partial charge on any atom is 0.293 e. The van der Waals surface area contributed by atoms with Crippen LogP contribution in [0.15, 0.2) is 24.4 Å². The molecule has 1 N–H and O–H groups in total. The molecule has 0 spiro atoms. The van der Waals surface area contributed by atoms with E-state index in [1.807, 2.05) is 25.1 Å². The van der Waals surface area contributed by atoms with Crippen LogP contribution in [0.3, 0.4) is 0 Å². The van der Waals surface area contributed by atoms with Gasteiger partial charge in [0, 0.05) is 6.20 Å². The van der Waals surface area contributed by atoms with Crippen LogP contribution in [0.4, 0.5) is 0 Å². The molecular formula is C11H13N3O2. The second-order valence-electron chi connectivity index (χ2n) is 3.34. The van der Waals surface area contributed by atoms with E-state index in [1.54, 1.807) is 17.5 Å². The van der Waals surface area contributed by atoms with Crippen LogP contribution in [-0.2, 0) is 4.84 Å². The molecule has 0 aliphatic heterocycles. The number of fused-ring (bicyclic) bond motifs is 1. The van der Waals surface area contributed by atoms with Crippen LogP contribution < -0.4 is 5.48 Å². The summed E-state index contributed by atoms with van der Waals surface area (Å²) in [5.74, 6) is -0.280. The van der Waals surface area contributed by atoms with E-state index in [9.17, 15) is 4.79 Å². The number of carbonyl (C=O) groups is 1. The lowest BCUT2D eigenvalue weighted by molar-refractivity contribution is 0.0358. The van der Waals surface area contributed by atoms with Crippen molar-refractivity contribution in [3.05, 3.63) is 35.8 Å². The fourth-order valence-electron chi connectivity index (χ4n) is 1.57. The first-order valence-electron chi connectivity index (χ1n) is 5.10. The zero-order valence-corrected chi connectivity index (χ0v) is 9.23. The molecular weight excluding hydrogens is 206 g/mol. The molecule has 0 radical (unpaired) electrons. The van der Waals surface area contributed by atoms with Crippen LogP contribution in [0.5, 0.6) is 0 Å². The minimum Gasteiger partial charge on any atom is -0.295 e. The number of aryl methyl sites for hydroxylation is 1. The predicted octanol–water partition coefficient (Wildman–Crippen LogP) is 1.32. The fourth-order valence-corrected chi connectivity index (χ4v) is 1.57. The van der Waals surface area contributed by atoms with Crippen molar-refractivity contribution in [1.29, 1.82) is 0 Å². The molecule has 2 aromatic heterocycles. The molecule has 2 aromatic rings. The summed E-state index contributed by atoms with van der Waals surface area (Å²) < 4.78 is 1.74. The van der Waals surface area contributed by atoms with E-state index >= 15 is 0 Å². The Morgan fingerprint density at radius 2 is 2.38 bits per heavy atom.